The molecule has 0 aliphatic heterocycles. The Kier molecular flexibility index (Phi) is 7.94. The second kappa shape index (κ2) is 10.7. The second-order valence-electron chi connectivity index (χ2n) is 8.80. The normalized spacial score (nSPS) is 13.1. The van der Waals surface area contributed by atoms with Crippen molar-refractivity contribution in [2.24, 2.45) is 10.2 Å². The number of nitrogens with zero attached hydrogens (tertiary/aromatic N) is 2. The maximum atomic E-state index is 12.5. The number of azo groups is 1. The minimum atomic E-state index is -5.33. The fourth-order valence-electron chi connectivity index (χ4n) is 4.11. The topological polar surface area (TPSA) is 315 Å². The van der Waals surface area contributed by atoms with Crippen LogP contribution in [0.2, 0.25) is 0 Å². The lowest BCUT2D eigenvalue weighted by atomic mass is 10.1. The molecule has 0 aliphatic rings. The van der Waals surface area contributed by atoms with Crippen molar-refractivity contribution in [1.29, 1.82) is 0 Å². The second-order valence-corrected chi connectivity index (χ2v) is 14.4. The molecule has 0 amide bonds. The van der Waals surface area contributed by atoms with Crippen molar-refractivity contribution in [3.63, 3.8) is 0 Å². The molecule has 4 rings (SSSR count). The van der Waals surface area contributed by atoms with E-state index in [2.05, 4.69) is 10.2 Å². The van der Waals surface area contributed by atoms with Crippen molar-refractivity contribution >= 4 is 85.0 Å². The van der Waals surface area contributed by atoms with Crippen molar-refractivity contribution in [3.05, 3.63) is 42.5 Å². The number of rotatable bonds is 7. The van der Waals surface area contributed by atoms with E-state index >= 15 is 0 Å². The van der Waals surface area contributed by atoms with Gasteiger partial charge in [-0.25, -0.2) is 0 Å². The largest absolute Gasteiger partial charge is 0.507 e. The van der Waals surface area contributed by atoms with Crippen LogP contribution in [0.1, 0.15) is 6.92 Å². The molecule has 0 aromatic heterocycles. The minimum Gasteiger partial charge on any atom is -0.507 e. The maximum absolute atomic E-state index is 12.5. The number of ether oxygens (including phenoxy) is 1. The number of phenolic OH excluding ortho intramolecular Hbond substituents is 1. The van der Waals surface area contributed by atoms with E-state index < -0.39 is 111 Å². The van der Waals surface area contributed by atoms with Crippen molar-refractivity contribution < 1.29 is 66.5 Å². The van der Waals surface area contributed by atoms with Crippen LogP contribution in [0.4, 0.5) is 17.1 Å². The van der Waals surface area contributed by atoms with E-state index in [1.165, 1.54) is 0 Å². The SMILES string of the molecule is CC(=O)Oc1cc(S(=O)(=O)O)cc2c(S(=O)(=O)O)c(N=Nc3cc(S(=O)(=O)O)c4cc(S(=O)(=O)O)cc(O)c4c3N)ccc12. The minimum absolute atomic E-state index is 0.252. The summed E-state index contributed by atoms with van der Waals surface area (Å²) in [5.74, 6) is -2.49. The summed E-state index contributed by atoms with van der Waals surface area (Å²) in [6.45, 7) is 0.939. The molecule has 7 N–H and O–H groups in total. The Labute approximate surface area is 247 Å². The van der Waals surface area contributed by atoms with Gasteiger partial charge < -0.3 is 15.6 Å². The fraction of sp³-hybridized carbons (Fsp3) is 0.0455. The molecule has 0 saturated carbocycles. The van der Waals surface area contributed by atoms with Crippen LogP contribution in [0, 0.1) is 0 Å². The van der Waals surface area contributed by atoms with Crippen LogP contribution in [0.25, 0.3) is 21.5 Å². The van der Waals surface area contributed by atoms with E-state index in [-0.39, 0.29) is 5.39 Å². The summed E-state index contributed by atoms with van der Waals surface area (Å²) in [7, 11) is -20.6. The molecule has 234 valence electrons. The number of fused-ring (bicyclic) bond motifs is 2. The lowest BCUT2D eigenvalue weighted by Gasteiger charge is -2.13. The Morgan fingerprint density at radius 3 is 1.77 bits per heavy atom. The van der Waals surface area contributed by atoms with Crippen LogP contribution >= 0.6 is 0 Å². The molecular formula is C22H17N3O15S4. The first-order valence-electron chi connectivity index (χ1n) is 11.2. The van der Waals surface area contributed by atoms with Gasteiger partial charge in [-0.05, 0) is 30.3 Å². The number of nitrogens with two attached hydrogens (primary N) is 1. The van der Waals surface area contributed by atoms with Crippen LogP contribution in [-0.4, -0.2) is 63.0 Å². The van der Waals surface area contributed by atoms with Gasteiger partial charge in [-0.2, -0.15) is 33.7 Å². The first-order chi connectivity index (χ1) is 20.0. The lowest BCUT2D eigenvalue weighted by Crippen LogP contribution is -2.06. The Balaban J connectivity index is 2.08. The van der Waals surface area contributed by atoms with Gasteiger partial charge in [-0.3, -0.25) is 23.0 Å². The van der Waals surface area contributed by atoms with E-state index in [1.807, 2.05) is 0 Å². The number of esters is 1. The molecule has 0 bridgehead atoms. The van der Waals surface area contributed by atoms with Gasteiger partial charge in [0.05, 0.1) is 20.9 Å². The average molecular weight is 692 g/mol. The lowest BCUT2D eigenvalue weighted by molar-refractivity contribution is -0.131. The number of anilines is 1. The number of aromatic hydroxyl groups is 1. The molecule has 0 aliphatic carbocycles. The summed E-state index contributed by atoms with van der Waals surface area (Å²) >= 11 is 0. The Morgan fingerprint density at radius 1 is 0.705 bits per heavy atom. The van der Waals surface area contributed by atoms with Gasteiger partial charge in [-0.15, -0.1) is 10.2 Å². The molecule has 0 spiro atoms. The number of benzene rings is 4. The molecule has 0 radical (unpaired) electrons. The Bertz CT molecular complexity index is 2400. The first-order valence-corrected chi connectivity index (χ1v) is 17.0. The number of phenols is 1. The van der Waals surface area contributed by atoms with Gasteiger partial charge >= 0.3 is 5.97 Å². The van der Waals surface area contributed by atoms with Crippen molar-refractivity contribution in [3.8, 4) is 11.5 Å². The molecule has 18 nitrogen and oxygen atoms in total. The third-order valence-corrected chi connectivity index (χ3v) is 9.32. The number of carbonyl (C=O) groups is 1. The van der Waals surface area contributed by atoms with Crippen LogP contribution in [0.3, 0.4) is 0 Å². The molecular weight excluding hydrogens is 675 g/mol. The molecule has 44 heavy (non-hydrogen) atoms. The number of carbonyl (C=O) groups excluding carboxylic acids is 1. The third kappa shape index (κ3) is 6.31. The predicted octanol–water partition coefficient (Wildman–Crippen LogP) is 2.61. The Hall–Kier alpha value is -4.29. The molecule has 22 heteroatoms. The zero-order valence-corrected chi connectivity index (χ0v) is 24.7. The highest BCUT2D eigenvalue weighted by Gasteiger charge is 2.26. The highest BCUT2D eigenvalue weighted by Crippen LogP contribution is 2.44. The van der Waals surface area contributed by atoms with E-state index in [0.717, 1.165) is 19.1 Å². The van der Waals surface area contributed by atoms with Crippen molar-refractivity contribution in [1.82, 2.24) is 0 Å². The highest BCUT2D eigenvalue weighted by atomic mass is 32.2. The molecule has 4 aromatic rings. The zero-order valence-electron chi connectivity index (χ0n) is 21.5. The maximum Gasteiger partial charge on any atom is 0.308 e. The van der Waals surface area contributed by atoms with E-state index in [0.29, 0.717) is 30.3 Å². The summed E-state index contributed by atoms with van der Waals surface area (Å²) in [5.41, 5.74) is 4.01. The highest BCUT2D eigenvalue weighted by molar-refractivity contribution is 7.87. The average Bonchev–Trinajstić information content (AvgIpc) is 2.84. The van der Waals surface area contributed by atoms with Crippen molar-refractivity contribution in [2.45, 2.75) is 26.5 Å². The standard InChI is InChI=1S/C22H17N3O15S4/c1-9(26)40-18-7-11(42(31,32)33)4-13-12(18)2-3-15(22(13)44(37,38)39)24-25-16-8-19(43(34,35)36)14-5-10(41(28,29)30)6-17(27)20(14)21(16)23/h2-8,27H,23H2,1H3,(H,28,29,30)(H,31,32,33)(H,34,35,36)(H,37,38,39). The zero-order chi connectivity index (χ0) is 33.2. The molecule has 4 aromatic carbocycles. The quantitative estimate of drug-likeness (QED) is 0.0533. The smallest absolute Gasteiger partial charge is 0.308 e. The first kappa shape index (κ1) is 32.6. The molecule has 0 saturated heterocycles. The predicted molar refractivity (Wildman–Crippen MR) is 149 cm³/mol. The van der Waals surface area contributed by atoms with Crippen molar-refractivity contribution in [2.75, 3.05) is 5.73 Å². The number of hydrogen-bond acceptors (Lipinski definition) is 14. The summed E-state index contributed by atoms with van der Waals surface area (Å²) < 4.78 is 140. The van der Waals surface area contributed by atoms with Gasteiger partial charge in [0.25, 0.3) is 40.5 Å². The van der Waals surface area contributed by atoms with E-state index in [9.17, 15) is 61.8 Å². The van der Waals surface area contributed by atoms with Gasteiger partial charge in [0, 0.05) is 35.2 Å². The molecule has 0 atom stereocenters. The van der Waals surface area contributed by atoms with Gasteiger partial charge in [0.2, 0.25) is 0 Å². The van der Waals surface area contributed by atoms with Crippen LogP contribution in [0.15, 0.2) is 72.3 Å². The Morgan fingerprint density at radius 2 is 1.25 bits per heavy atom. The van der Waals surface area contributed by atoms with Crippen LogP contribution in [-0.2, 0) is 45.3 Å². The summed E-state index contributed by atoms with van der Waals surface area (Å²) in [5, 5.41) is 15.6. The monoisotopic (exact) mass is 691 g/mol. The van der Waals surface area contributed by atoms with Gasteiger partial charge in [0.1, 0.15) is 32.7 Å². The van der Waals surface area contributed by atoms with Gasteiger partial charge in [0.15, 0.2) is 0 Å². The molecule has 0 unspecified atom stereocenters. The van der Waals surface area contributed by atoms with Gasteiger partial charge in [-0.1, -0.05) is 0 Å². The van der Waals surface area contributed by atoms with E-state index in [4.69, 9.17) is 10.5 Å². The van der Waals surface area contributed by atoms with E-state index in [1.54, 1.807) is 0 Å². The molecule has 0 heterocycles. The fourth-order valence-corrected chi connectivity index (χ4v) is 6.68. The summed E-state index contributed by atoms with van der Waals surface area (Å²) in [6, 6.07) is 4.96. The van der Waals surface area contributed by atoms with Crippen LogP contribution in [0.5, 0.6) is 11.5 Å². The van der Waals surface area contributed by atoms with Crippen LogP contribution < -0.4 is 10.5 Å². The number of hydrogen-bond donors (Lipinski definition) is 6. The summed E-state index contributed by atoms with van der Waals surface area (Å²) in [4.78, 5) is 7.47. The number of nitrogen functional groups attached to an aromatic ring is 1. The third-order valence-electron chi connectivity index (χ3n) is 5.82. The molecule has 0 fully saturated rings. The summed E-state index contributed by atoms with van der Waals surface area (Å²) in [6.07, 6.45) is 0.